The summed E-state index contributed by atoms with van der Waals surface area (Å²) in [5.74, 6) is 0.157. The fourth-order valence-corrected chi connectivity index (χ4v) is 2.26. The predicted octanol–water partition coefficient (Wildman–Crippen LogP) is 2.67. The molecule has 0 heterocycles. The third-order valence-electron chi connectivity index (χ3n) is 3.82. The largest absolute Gasteiger partial charge is 0.396 e. The van der Waals surface area contributed by atoms with Gasteiger partial charge in [0.25, 0.3) is 0 Å². The Bertz CT molecular complexity index is 419. The maximum Gasteiger partial charge on any atom is 0.0808 e. The summed E-state index contributed by atoms with van der Waals surface area (Å²) in [6.07, 6.45) is 5.61. The minimum absolute atomic E-state index is 0.120. The standard InChI is InChI=1S/C19H30O4/c1-16(19(22)12-7-13-20)8-5-6-11-18(21)15-23-14-17-9-3-2-4-10-17/h2-6,9-10,16,18-22H,7-8,11-15H2,1H3/b6-5+/t16-,18-,19+/m1/s1. The van der Waals surface area contributed by atoms with Crippen molar-refractivity contribution in [3.63, 3.8) is 0 Å². The number of allylic oxidation sites excluding steroid dienone is 1. The van der Waals surface area contributed by atoms with Crippen LogP contribution in [0.1, 0.15) is 38.2 Å². The van der Waals surface area contributed by atoms with Gasteiger partial charge in [0.05, 0.1) is 25.4 Å². The lowest BCUT2D eigenvalue weighted by Gasteiger charge is -2.16. The van der Waals surface area contributed by atoms with Gasteiger partial charge in [0.15, 0.2) is 0 Å². The molecule has 0 radical (unpaired) electrons. The molecule has 1 aromatic carbocycles. The number of hydrogen-bond acceptors (Lipinski definition) is 4. The molecule has 3 atom stereocenters. The van der Waals surface area contributed by atoms with Gasteiger partial charge in [-0.15, -0.1) is 0 Å². The van der Waals surface area contributed by atoms with Gasteiger partial charge in [-0.1, -0.05) is 49.4 Å². The van der Waals surface area contributed by atoms with Crippen molar-refractivity contribution in [3.8, 4) is 0 Å². The maximum atomic E-state index is 9.87. The SMILES string of the molecule is C[C@H](C/C=C/C[C@@H](O)COCc1ccccc1)[C@@H](O)CCCO. The molecule has 0 aromatic heterocycles. The van der Waals surface area contributed by atoms with Crippen LogP contribution in [-0.4, -0.2) is 40.7 Å². The first-order valence-electron chi connectivity index (χ1n) is 8.37. The molecule has 0 aliphatic carbocycles. The lowest BCUT2D eigenvalue weighted by Crippen LogP contribution is -2.17. The summed E-state index contributed by atoms with van der Waals surface area (Å²) in [6.45, 7) is 2.93. The second kappa shape index (κ2) is 12.3. The monoisotopic (exact) mass is 322 g/mol. The van der Waals surface area contributed by atoms with Gasteiger partial charge in [0.1, 0.15) is 0 Å². The van der Waals surface area contributed by atoms with Crippen molar-refractivity contribution < 1.29 is 20.1 Å². The molecule has 0 fully saturated rings. The normalized spacial score (nSPS) is 15.7. The summed E-state index contributed by atoms with van der Waals surface area (Å²) >= 11 is 0. The minimum atomic E-state index is -0.510. The van der Waals surface area contributed by atoms with Crippen LogP contribution >= 0.6 is 0 Å². The van der Waals surface area contributed by atoms with Gasteiger partial charge >= 0.3 is 0 Å². The highest BCUT2D eigenvalue weighted by molar-refractivity contribution is 5.13. The Morgan fingerprint density at radius 2 is 1.78 bits per heavy atom. The Morgan fingerprint density at radius 3 is 2.48 bits per heavy atom. The lowest BCUT2D eigenvalue weighted by atomic mass is 9.97. The number of hydrogen-bond donors (Lipinski definition) is 3. The molecule has 0 saturated carbocycles. The molecule has 0 spiro atoms. The number of ether oxygens (including phenoxy) is 1. The van der Waals surface area contributed by atoms with Crippen molar-refractivity contribution >= 4 is 0 Å². The van der Waals surface area contributed by atoms with Crippen molar-refractivity contribution in [2.45, 2.75) is 51.4 Å². The number of rotatable bonds is 12. The van der Waals surface area contributed by atoms with E-state index in [2.05, 4.69) is 0 Å². The van der Waals surface area contributed by atoms with Gasteiger partial charge < -0.3 is 20.1 Å². The highest BCUT2D eigenvalue weighted by atomic mass is 16.5. The molecular formula is C19H30O4. The van der Waals surface area contributed by atoms with E-state index in [-0.39, 0.29) is 18.6 Å². The van der Waals surface area contributed by atoms with E-state index in [4.69, 9.17) is 9.84 Å². The third-order valence-corrected chi connectivity index (χ3v) is 3.82. The summed E-state index contributed by atoms with van der Waals surface area (Å²) in [4.78, 5) is 0. The second-order valence-corrected chi connectivity index (χ2v) is 6.01. The molecule has 0 aliphatic heterocycles. The predicted molar refractivity (Wildman–Crippen MR) is 92.0 cm³/mol. The fraction of sp³-hybridized carbons (Fsp3) is 0.579. The molecule has 23 heavy (non-hydrogen) atoms. The Labute approximate surface area is 139 Å². The quantitative estimate of drug-likeness (QED) is 0.518. The zero-order valence-corrected chi connectivity index (χ0v) is 14.0. The highest BCUT2D eigenvalue weighted by Gasteiger charge is 2.12. The zero-order valence-electron chi connectivity index (χ0n) is 14.0. The average molecular weight is 322 g/mol. The molecule has 0 unspecified atom stereocenters. The smallest absolute Gasteiger partial charge is 0.0808 e. The van der Waals surface area contributed by atoms with E-state index in [0.717, 1.165) is 12.0 Å². The Hall–Kier alpha value is -1.20. The Kier molecular flexibility index (Phi) is 10.6. The van der Waals surface area contributed by atoms with E-state index in [1.54, 1.807) is 0 Å². The Balaban J connectivity index is 2.11. The highest BCUT2D eigenvalue weighted by Crippen LogP contribution is 2.14. The Morgan fingerprint density at radius 1 is 1.09 bits per heavy atom. The molecule has 0 aliphatic rings. The van der Waals surface area contributed by atoms with Crippen LogP contribution in [0.3, 0.4) is 0 Å². The molecular weight excluding hydrogens is 292 g/mol. The first-order chi connectivity index (χ1) is 11.1. The summed E-state index contributed by atoms with van der Waals surface area (Å²) in [6, 6.07) is 9.89. The molecule has 1 aromatic rings. The third kappa shape index (κ3) is 9.51. The molecule has 1 rings (SSSR count). The van der Waals surface area contributed by atoms with Gasteiger partial charge in [-0.2, -0.15) is 0 Å². The fourth-order valence-electron chi connectivity index (χ4n) is 2.26. The summed E-state index contributed by atoms with van der Waals surface area (Å²) < 4.78 is 5.49. The van der Waals surface area contributed by atoms with E-state index >= 15 is 0 Å². The van der Waals surface area contributed by atoms with E-state index in [1.807, 2.05) is 49.4 Å². The van der Waals surface area contributed by atoms with Gasteiger partial charge in [-0.25, -0.2) is 0 Å². The van der Waals surface area contributed by atoms with Crippen molar-refractivity contribution in [1.29, 1.82) is 0 Å². The summed E-state index contributed by atoms with van der Waals surface area (Å²) in [5.41, 5.74) is 1.10. The van der Waals surface area contributed by atoms with Crippen molar-refractivity contribution in [1.82, 2.24) is 0 Å². The zero-order chi connectivity index (χ0) is 16.9. The van der Waals surface area contributed by atoms with Crippen LogP contribution in [0.25, 0.3) is 0 Å². The van der Waals surface area contributed by atoms with Gasteiger partial charge in [-0.05, 0) is 37.2 Å². The van der Waals surface area contributed by atoms with Crippen LogP contribution in [0.15, 0.2) is 42.5 Å². The number of aliphatic hydroxyl groups excluding tert-OH is 3. The van der Waals surface area contributed by atoms with Crippen LogP contribution < -0.4 is 0 Å². The average Bonchev–Trinajstić information content (AvgIpc) is 2.57. The first kappa shape index (κ1) is 19.8. The molecule has 3 N–H and O–H groups in total. The van der Waals surface area contributed by atoms with E-state index < -0.39 is 6.10 Å². The second-order valence-electron chi connectivity index (χ2n) is 6.01. The molecule has 4 nitrogen and oxygen atoms in total. The van der Waals surface area contributed by atoms with Gasteiger partial charge in [-0.3, -0.25) is 0 Å². The van der Waals surface area contributed by atoms with E-state index in [0.29, 0.717) is 32.5 Å². The molecule has 4 heteroatoms. The van der Waals surface area contributed by atoms with Crippen LogP contribution in [0, 0.1) is 5.92 Å². The van der Waals surface area contributed by atoms with Crippen molar-refractivity contribution in [2.75, 3.05) is 13.2 Å². The van der Waals surface area contributed by atoms with Crippen LogP contribution in [0.4, 0.5) is 0 Å². The minimum Gasteiger partial charge on any atom is -0.396 e. The van der Waals surface area contributed by atoms with Crippen LogP contribution in [-0.2, 0) is 11.3 Å². The summed E-state index contributed by atoms with van der Waals surface area (Å²) in [5, 5.41) is 28.5. The molecule has 0 saturated heterocycles. The number of benzene rings is 1. The molecule has 0 bridgehead atoms. The first-order valence-corrected chi connectivity index (χ1v) is 8.37. The van der Waals surface area contributed by atoms with E-state index in [9.17, 15) is 10.2 Å². The van der Waals surface area contributed by atoms with Crippen LogP contribution in [0.5, 0.6) is 0 Å². The van der Waals surface area contributed by atoms with Gasteiger partial charge in [0.2, 0.25) is 0 Å². The molecule has 130 valence electrons. The van der Waals surface area contributed by atoms with Crippen molar-refractivity contribution in [2.24, 2.45) is 5.92 Å². The van der Waals surface area contributed by atoms with Crippen molar-refractivity contribution in [3.05, 3.63) is 48.0 Å². The number of aliphatic hydroxyl groups is 3. The van der Waals surface area contributed by atoms with Crippen LogP contribution in [0.2, 0.25) is 0 Å². The lowest BCUT2D eigenvalue weighted by molar-refractivity contribution is 0.0300. The molecule has 0 amide bonds. The maximum absolute atomic E-state index is 9.87. The van der Waals surface area contributed by atoms with Gasteiger partial charge in [0, 0.05) is 6.61 Å². The van der Waals surface area contributed by atoms with E-state index in [1.165, 1.54) is 0 Å². The topological polar surface area (TPSA) is 69.9 Å². The summed E-state index contributed by atoms with van der Waals surface area (Å²) in [7, 11) is 0.